The van der Waals surface area contributed by atoms with Crippen LogP contribution < -0.4 is 0 Å². The summed E-state index contributed by atoms with van der Waals surface area (Å²) >= 11 is 0. The molecule has 0 aromatic rings. The number of esters is 1. The Kier molecular flexibility index (Phi) is 6.26. The van der Waals surface area contributed by atoms with Gasteiger partial charge >= 0.3 is 35.8 Å². The van der Waals surface area contributed by atoms with E-state index >= 15 is 0 Å². The standard InChI is InChI=1S/C20H21F13O2/c1-8-10-5-11-12(8)18(11,9(10)2)13(34)35-4-3-14(21,22)6-15(23,24)19(29,30)16(25,26)7-17(27,28)20(31,32)33/h8-12H,3-7H2,1-2H3. The van der Waals surface area contributed by atoms with Gasteiger partial charge in [-0.25, -0.2) is 8.78 Å². The molecule has 0 spiro atoms. The minimum Gasteiger partial charge on any atom is -0.465 e. The smallest absolute Gasteiger partial charge is 0.453 e. The van der Waals surface area contributed by atoms with E-state index in [1.54, 1.807) is 6.92 Å². The number of carbonyl (C=O) groups excluding carboxylic acids is 1. The topological polar surface area (TPSA) is 26.3 Å². The third kappa shape index (κ3) is 4.06. The Morgan fingerprint density at radius 3 is 1.74 bits per heavy atom. The van der Waals surface area contributed by atoms with E-state index in [4.69, 9.17) is 4.74 Å². The first-order valence-electron chi connectivity index (χ1n) is 10.6. The van der Waals surface area contributed by atoms with Crippen LogP contribution in [0.25, 0.3) is 0 Å². The van der Waals surface area contributed by atoms with E-state index in [1.165, 1.54) is 0 Å². The summed E-state index contributed by atoms with van der Waals surface area (Å²) in [6.45, 7) is 2.49. The molecule has 0 aromatic carbocycles. The summed E-state index contributed by atoms with van der Waals surface area (Å²) < 4.78 is 176. The molecular weight excluding hydrogens is 519 g/mol. The van der Waals surface area contributed by atoms with Gasteiger partial charge in [0.2, 0.25) is 0 Å². The molecule has 4 fully saturated rings. The molecule has 15 heteroatoms. The van der Waals surface area contributed by atoms with Gasteiger partial charge in [0.25, 0.3) is 5.92 Å². The van der Waals surface area contributed by atoms with Gasteiger partial charge in [-0.2, -0.15) is 48.3 Å². The minimum absolute atomic E-state index is 0.00871. The number of carbonyl (C=O) groups is 1. The van der Waals surface area contributed by atoms with Gasteiger partial charge in [-0.1, -0.05) is 13.8 Å². The maximum Gasteiger partial charge on any atom is 0.453 e. The first kappa shape index (κ1) is 28.1. The van der Waals surface area contributed by atoms with Crippen LogP contribution >= 0.6 is 0 Å². The van der Waals surface area contributed by atoms with E-state index in [0.717, 1.165) is 6.42 Å². The molecule has 4 bridgehead atoms. The first-order chi connectivity index (χ1) is 15.5. The quantitative estimate of drug-likeness (QED) is 0.221. The molecule has 4 rings (SSSR count). The van der Waals surface area contributed by atoms with Crippen LogP contribution in [0.2, 0.25) is 0 Å². The summed E-state index contributed by atoms with van der Waals surface area (Å²) in [5.74, 6) is -32.0. The lowest BCUT2D eigenvalue weighted by Gasteiger charge is -2.36. The van der Waals surface area contributed by atoms with Crippen molar-refractivity contribution in [2.45, 2.75) is 75.3 Å². The second-order valence-corrected chi connectivity index (χ2v) is 9.89. The molecule has 0 aliphatic heterocycles. The number of rotatable bonds is 10. The normalized spacial score (nSPS) is 33.3. The zero-order valence-corrected chi connectivity index (χ0v) is 18.2. The van der Waals surface area contributed by atoms with Crippen LogP contribution in [0.3, 0.4) is 0 Å². The Labute approximate surface area is 190 Å². The molecule has 0 amide bonds. The Balaban J connectivity index is 1.61. The fourth-order valence-electron chi connectivity index (χ4n) is 6.26. The van der Waals surface area contributed by atoms with Gasteiger partial charge in [-0.3, -0.25) is 4.79 Å². The summed E-state index contributed by atoms with van der Waals surface area (Å²) in [4.78, 5) is 12.5. The van der Waals surface area contributed by atoms with Crippen molar-refractivity contribution in [2.75, 3.05) is 6.61 Å². The fraction of sp³-hybridized carbons (Fsp3) is 0.950. The van der Waals surface area contributed by atoms with Crippen molar-refractivity contribution in [3.63, 3.8) is 0 Å². The van der Waals surface area contributed by atoms with Gasteiger partial charge in [-0.15, -0.1) is 0 Å². The van der Waals surface area contributed by atoms with Crippen molar-refractivity contribution < 1.29 is 66.6 Å². The molecule has 0 aromatic heterocycles. The number of halogens is 13. The summed E-state index contributed by atoms with van der Waals surface area (Å²) in [5.41, 5.74) is -0.887. The first-order valence-corrected chi connectivity index (χ1v) is 10.6. The van der Waals surface area contributed by atoms with Crippen molar-refractivity contribution in [3.05, 3.63) is 0 Å². The van der Waals surface area contributed by atoms with Gasteiger partial charge < -0.3 is 4.74 Å². The molecule has 35 heavy (non-hydrogen) atoms. The molecular formula is C20H21F13O2. The summed E-state index contributed by atoms with van der Waals surface area (Å²) in [6, 6.07) is 0. The highest BCUT2D eigenvalue weighted by Crippen LogP contribution is 2.83. The van der Waals surface area contributed by atoms with Gasteiger partial charge in [0.1, 0.15) is 0 Å². The number of hydrogen-bond acceptors (Lipinski definition) is 2. The van der Waals surface area contributed by atoms with E-state index < -0.39 is 73.0 Å². The van der Waals surface area contributed by atoms with Crippen molar-refractivity contribution >= 4 is 5.97 Å². The lowest BCUT2D eigenvalue weighted by atomic mass is 9.90. The number of alkyl halides is 13. The Bertz CT molecular complexity index is 848. The minimum atomic E-state index is -6.98. The van der Waals surface area contributed by atoms with Crippen LogP contribution in [0.5, 0.6) is 0 Å². The van der Waals surface area contributed by atoms with Crippen LogP contribution in [0.15, 0.2) is 0 Å². The van der Waals surface area contributed by atoms with E-state index in [-0.39, 0.29) is 29.6 Å². The van der Waals surface area contributed by atoms with Gasteiger partial charge in [0.05, 0.1) is 24.9 Å². The van der Waals surface area contributed by atoms with Crippen LogP contribution in [0.1, 0.15) is 39.5 Å². The molecule has 0 heterocycles. The average Bonchev–Trinajstić information content (AvgIpc) is 2.93. The van der Waals surface area contributed by atoms with Gasteiger partial charge in [0.15, 0.2) is 0 Å². The lowest BCUT2D eigenvalue weighted by molar-refractivity contribution is -0.357. The van der Waals surface area contributed by atoms with E-state index in [0.29, 0.717) is 0 Å². The van der Waals surface area contributed by atoms with Crippen molar-refractivity contribution in [1.29, 1.82) is 0 Å². The van der Waals surface area contributed by atoms with E-state index in [2.05, 4.69) is 0 Å². The zero-order chi connectivity index (χ0) is 27.2. The Hall–Kier alpha value is -1.44. The molecule has 4 saturated carbocycles. The average molecular weight is 540 g/mol. The Morgan fingerprint density at radius 2 is 1.34 bits per heavy atom. The SMILES string of the molecule is CC1C2CC3C1C3(C(=O)OCCC(F)(F)CC(F)(F)C(F)(F)C(F)(F)CC(F)(F)C(F)(F)F)C2C. The van der Waals surface area contributed by atoms with Crippen LogP contribution in [-0.4, -0.2) is 48.4 Å². The van der Waals surface area contributed by atoms with E-state index in [9.17, 15) is 61.9 Å². The largest absolute Gasteiger partial charge is 0.465 e. The van der Waals surface area contributed by atoms with E-state index in [1.807, 2.05) is 6.92 Å². The summed E-state index contributed by atoms with van der Waals surface area (Å²) in [6.07, 6.45) is -15.2. The third-order valence-corrected chi connectivity index (χ3v) is 7.97. The van der Waals surface area contributed by atoms with Gasteiger partial charge in [-0.05, 0) is 36.0 Å². The monoisotopic (exact) mass is 540 g/mol. The fourth-order valence-corrected chi connectivity index (χ4v) is 6.26. The van der Waals surface area contributed by atoms with Crippen LogP contribution in [0.4, 0.5) is 57.1 Å². The highest BCUT2D eigenvalue weighted by atomic mass is 19.4. The maximum absolute atomic E-state index is 13.9. The second-order valence-electron chi connectivity index (χ2n) is 9.89. The molecule has 2 nitrogen and oxygen atoms in total. The maximum atomic E-state index is 13.9. The van der Waals surface area contributed by atoms with Gasteiger partial charge in [0, 0.05) is 6.42 Å². The number of ether oxygens (including phenoxy) is 1. The van der Waals surface area contributed by atoms with Crippen molar-refractivity contribution in [3.8, 4) is 0 Å². The van der Waals surface area contributed by atoms with Crippen LogP contribution in [0, 0.1) is 35.0 Å². The number of hydrogen-bond donors (Lipinski definition) is 0. The molecule has 0 N–H and O–H groups in total. The lowest BCUT2D eigenvalue weighted by Crippen LogP contribution is -2.58. The van der Waals surface area contributed by atoms with Crippen molar-refractivity contribution in [1.82, 2.24) is 0 Å². The van der Waals surface area contributed by atoms with Crippen LogP contribution in [-0.2, 0) is 9.53 Å². The molecule has 6 atom stereocenters. The predicted molar refractivity (Wildman–Crippen MR) is 91.4 cm³/mol. The second kappa shape index (κ2) is 7.78. The highest BCUT2D eigenvalue weighted by Gasteiger charge is 2.85. The third-order valence-electron chi connectivity index (χ3n) is 7.97. The van der Waals surface area contributed by atoms with Crippen molar-refractivity contribution in [2.24, 2.45) is 35.0 Å². The zero-order valence-electron chi connectivity index (χ0n) is 18.2. The molecule has 4 aliphatic carbocycles. The molecule has 204 valence electrons. The molecule has 0 saturated heterocycles. The molecule has 0 radical (unpaired) electrons. The highest BCUT2D eigenvalue weighted by molar-refractivity contribution is 5.84. The molecule has 4 aliphatic rings. The Morgan fingerprint density at radius 1 is 0.829 bits per heavy atom. The summed E-state index contributed by atoms with van der Waals surface area (Å²) in [7, 11) is 0. The summed E-state index contributed by atoms with van der Waals surface area (Å²) in [5, 5.41) is 0. The molecule has 6 unspecified atom stereocenters. The predicted octanol–water partition coefficient (Wildman–Crippen LogP) is 6.98.